The van der Waals surface area contributed by atoms with Crippen molar-refractivity contribution in [3.63, 3.8) is 0 Å². The van der Waals surface area contributed by atoms with Gasteiger partial charge < -0.3 is 4.74 Å². The Morgan fingerprint density at radius 3 is 2.71 bits per heavy atom. The minimum atomic E-state index is 0.792. The molecule has 0 aromatic heterocycles. The average molecular weight is 228 g/mol. The molecule has 17 heavy (non-hydrogen) atoms. The first kappa shape index (κ1) is 12.2. The van der Waals surface area contributed by atoms with Crippen LogP contribution in [0.2, 0.25) is 0 Å². The molecular weight excluding hydrogens is 208 g/mol. The maximum absolute atomic E-state index is 5.37. The first-order valence-electron chi connectivity index (χ1n) is 6.39. The molecule has 1 heterocycles. The van der Waals surface area contributed by atoms with Crippen LogP contribution in [0, 0.1) is 5.92 Å². The highest BCUT2D eigenvalue weighted by atomic mass is 16.5. The monoisotopic (exact) mass is 228 g/mol. The van der Waals surface area contributed by atoms with Gasteiger partial charge in [-0.05, 0) is 49.3 Å². The topological polar surface area (TPSA) is 9.23 Å². The Balaban J connectivity index is 1.94. The van der Waals surface area contributed by atoms with E-state index in [1.54, 1.807) is 0 Å². The molecule has 0 atom stereocenters. The fourth-order valence-electron chi connectivity index (χ4n) is 2.20. The Morgan fingerprint density at radius 1 is 1.29 bits per heavy atom. The summed E-state index contributed by atoms with van der Waals surface area (Å²) < 4.78 is 5.37. The van der Waals surface area contributed by atoms with Crippen molar-refractivity contribution in [3.05, 3.63) is 47.2 Å². The minimum Gasteiger partial charge on any atom is -0.381 e. The van der Waals surface area contributed by atoms with Crippen molar-refractivity contribution in [2.75, 3.05) is 13.2 Å². The van der Waals surface area contributed by atoms with Crippen molar-refractivity contribution >= 4 is 6.08 Å². The molecule has 2 rings (SSSR count). The summed E-state index contributed by atoms with van der Waals surface area (Å²) in [5.74, 6) is 0.792. The zero-order valence-corrected chi connectivity index (χ0v) is 10.5. The van der Waals surface area contributed by atoms with E-state index in [0.29, 0.717) is 0 Å². The lowest BCUT2D eigenvalue weighted by Gasteiger charge is -2.21. The van der Waals surface area contributed by atoms with Crippen LogP contribution in [-0.4, -0.2) is 13.2 Å². The Hall–Kier alpha value is -1.30. The van der Waals surface area contributed by atoms with Gasteiger partial charge in [-0.15, -0.1) is 5.73 Å². The molecule has 0 N–H and O–H groups in total. The third kappa shape index (κ3) is 4.22. The fourth-order valence-corrected chi connectivity index (χ4v) is 2.20. The van der Waals surface area contributed by atoms with Gasteiger partial charge in [-0.3, -0.25) is 0 Å². The summed E-state index contributed by atoms with van der Waals surface area (Å²) >= 11 is 0. The third-order valence-corrected chi connectivity index (χ3v) is 3.22. The number of hydrogen-bond acceptors (Lipinski definition) is 1. The molecule has 0 radical (unpaired) electrons. The third-order valence-electron chi connectivity index (χ3n) is 3.22. The molecule has 1 aromatic carbocycles. The van der Waals surface area contributed by atoms with Crippen LogP contribution >= 0.6 is 0 Å². The van der Waals surface area contributed by atoms with Crippen LogP contribution in [0.1, 0.15) is 31.7 Å². The highest BCUT2D eigenvalue weighted by Crippen LogP contribution is 2.21. The standard InChI is InChI=1S/C16H20O/c1-14(13-16-9-11-17-12-10-16)7-8-15-5-3-2-4-6-15/h2-6,8,16H,9-13H2,1H3. The van der Waals surface area contributed by atoms with E-state index in [9.17, 15) is 0 Å². The predicted octanol–water partition coefficient (Wildman–Crippen LogP) is 4.06. The van der Waals surface area contributed by atoms with Crippen LogP contribution in [0.5, 0.6) is 0 Å². The first-order valence-corrected chi connectivity index (χ1v) is 6.39. The van der Waals surface area contributed by atoms with Crippen molar-refractivity contribution in [1.29, 1.82) is 0 Å². The number of allylic oxidation sites excluding steroid dienone is 1. The maximum atomic E-state index is 5.37. The average Bonchev–Trinajstić information content (AvgIpc) is 2.39. The SMILES string of the molecule is CC(=C=Cc1ccccc1)CC1CCOCC1. The second kappa shape index (κ2) is 6.44. The van der Waals surface area contributed by atoms with Gasteiger partial charge in [0.1, 0.15) is 0 Å². The van der Waals surface area contributed by atoms with Crippen molar-refractivity contribution in [1.82, 2.24) is 0 Å². The van der Waals surface area contributed by atoms with Crippen molar-refractivity contribution in [2.24, 2.45) is 5.92 Å². The van der Waals surface area contributed by atoms with E-state index in [1.165, 1.54) is 24.0 Å². The summed E-state index contributed by atoms with van der Waals surface area (Å²) in [6.45, 7) is 4.04. The molecule has 0 amide bonds. The van der Waals surface area contributed by atoms with E-state index in [4.69, 9.17) is 4.74 Å². The van der Waals surface area contributed by atoms with Crippen LogP contribution < -0.4 is 0 Å². The lowest BCUT2D eigenvalue weighted by Crippen LogP contribution is -2.15. The van der Waals surface area contributed by atoms with Crippen molar-refractivity contribution < 1.29 is 4.74 Å². The molecule has 1 heteroatoms. The van der Waals surface area contributed by atoms with Gasteiger partial charge in [0.25, 0.3) is 0 Å². The quantitative estimate of drug-likeness (QED) is 0.709. The Morgan fingerprint density at radius 2 is 2.00 bits per heavy atom. The van der Waals surface area contributed by atoms with Gasteiger partial charge in [0.15, 0.2) is 0 Å². The highest BCUT2D eigenvalue weighted by molar-refractivity contribution is 5.48. The Labute approximate surface area is 104 Å². The van der Waals surface area contributed by atoms with E-state index in [0.717, 1.165) is 25.6 Å². The van der Waals surface area contributed by atoms with Crippen molar-refractivity contribution in [2.45, 2.75) is 26.2 Å². The number of rotatable bonds is 3. The van der Waals surface area contributed by atoms with Gasteiger partial charge in [0.2, 0.25) is 0 Å². The summed E-state index contributed by atoms with van der Waals surface area (Å²) in [5, 5.41) is 0. The normalized spacial score (nSPS) is 16.3. The second-order valence-corrected chi connectivity index (χ2v) is 4.74. The molecule has 0 aliphatic carbocycles. The summed E-state index contributed by atoms with van der Waals surface area (Å²) in [6.07, 6.45) is 5.63. The van der Waals surface area contributed by atoms with E-state index in [2.05, 4.69) is 43.0 Å². The molecule has 1 aliphatic heterocycles. The van der Waals surface area contributed by atoms with Crippen LogP contribution in [-0.2, 0) is 4.74 Å². The molecule has 90 valence electrons. The molecule has 0 unspecified atom stereocenters. The molecule has 1 nitrogen and oxygen atoms in total. The summed E-state index contributed by atoms with van der Waals surface area (Å²) in [5.41, 5.74) is 5.97. The van der Waals surface area contributed by atoms with Gasteiger partial charge in [-0.2, -0.15) is 0 Å². The van der Waals surface area contributed by atoms with Gasteiger partial charge >= 0.3 is 0 Å². The molecule has 0 saturated carbocycles. The summed E-state index contributed by atoms with van der Waals surface area (Å²) in [6, 6.07) is 10.4. The van der Waals surface area contributed by atoms with Crippen molar-refractivity contribution in [3.8, 4) is 0 Å². The molecule has 1 fully saturated rings. The lowest BCUT2D eigenvalue weighted by atomic mass is 9.93. The molecule has 0 spiro atoms. The first-order chi connectivity index (χ1) is 8.34. The zero-order chi connectivity index (χ0) is 11.9. The van der Waals surface area contributed by atoms with Crippen LogP contribution in [0.4, 0.5) is 0 Å². The van der Waals surface area contributed by atoms with Crippen LogP contribution in [0.15, 0.2) is 41.6 Å². The van der Waals surface area contributed by atoms with Gasteiger partial charge in [-0.25, -0.2) is 0 Å². The molecule has 0 bridgehead atoms. The van der Waals surface area contributed by atoms with E-state index >= 15 is 0 Å². The van der Waals surface area contributed by atoms with Gasteiger partial charge in [0.05, 0.1) is 0 Å². The lowest BCUT2D eigenvalue weighted by molar-refractivity contribution is 0.0665. The number of hydrogen-bond donors (Lipinski definition) is 0. The second-order valence-electron chi connectivity index (χ2n) is 4.74. The van der Waals surface area contributed by atoms with Gasteiger partial charge in [-0.1, -0.05) is 30.3 Å². The van der Waals surface area contributed by atoms with Crippen LogP contribution in [0.25, 0.3) is 6.08 Å². The molecule has 1 aromatic rings. The van der Waals surface area contributed by atoms with Crippen LogP contribution in [0.3, 0.4) is 0 Å². The summed E-state index contributed by atoms with van der Waals surface area (Å²) in [7, 11) is 0. The highest BCUT2D eigenvalue weighted by Gasteiger charge is 2.13. The summed E-state index contributed by atoms with van der Waals surface area (Å²) in [4.78, 5) is 0. The number of benzene rings is 1. The van der Waals surface area contributed by atoms with E-state index in [-0.39, 0.29) is 0 Å². The molecular formula is C16H20O. The maximum Gasteiger partial charge on any atom is 0.0468 e. The molecule has 1 saturated heterocycles. The van der Waals surface area contributed by atoms with Gasteiger partial charge in [0, 0.05) is 13.2 Å². The van der Waals surface area contributed by atoms with E-state index in [1.807, 2.05) is 6.07 Å². The fraction of sp³-hybridized carbons (Fsp3) is 0.438. The predicted molar refractivity (Wildman–Crippen MR) is 71.8 cm³/mol. The zero-order valence-electron chi connectivity index (χ0n) is 10.5. The van der Waals surface area contributed by atoms with E-state index < -0.39 is 0 Å². The Kier molecular flexibility index (Phi) is 4.61. The minimum absolute atomic E-state index is 0.792. The smallest absolute Gasteiger partial charge is 0.0468 e. The molecule has 1 aliphatic rings. The Bertz CT molecular complexity index is 393. The largest absolute Gasteiger partial charge is 0.381 e. The number of ether oxygens (including phenoxy) is 1.